The summed E-state index contributed by atoms with van der Waals surface area (Å²) < 4.78 is 6.35. The Morgan fingerprint density at radius 3 is 2.88 bits per heavy atom. The number of allylic oxidation sites excluding steroid dienone is 3. The summed E-state index contributed by atoms with van der Waals surface area (Å²) in [5, 5.41) is 14.6. The van der Waals surface area contributed by atoms with E-state index >= 15 is 0 Å². The monoisotopic (exact) mass is 361 g/mol. The minimum Gasteiger partial charge on any atom is -0.365 e. The van der Waals surface area contributed by atoms with Crippen LogP contribution in [0.25, 0.3) is 0 Å². The van der Waals surface area contributed by atoms with E-state index in [0.29, 0.717) is 30.6 Å². The lowest BCUT2D eigenvalue weighted by Gasteiger charge is -2.50. The average molecular weight is 362 g/mol. The third kappa shape index (κ3) is 3.77. The van der Waals surface area contributed by atoms with Gasteiger partial charge in [0.1, 0.15) is 0 Å². The van der Waals surface area contributed by atoms with Gasteiger partial charge in [0.05, 0.1) is 12.0 Å². The normalized spacial score (nSPS) is 41.0. The SMILES string of the molecule is CC=C(C)C1OC(O)(C2CC(CC(C)C)NC2=O)CC2CC=C(C)CC21. The molecule has 0 saturated carbocycles. The molecule has 3 aliphatic rings. The van der Waals surface area contributed by atoms with Crippen molar-refractivity contribution in [2.45, 2.75) is 84.7 Å². The van der Waals surface area contributed by atoms with Crippen LogP contribution >= 0.6 is 0 Å². The Bertz CT molecular complexity index is 609. The van der Waals surface area contributed by atoms with Gasteiger partial charge in [-0.05, 0) is 69.8 Å². The highest BCUT2D eigenvalue weighted by molar-refractivity contribution is 5.82. The number of carbonyl (C=O) groups is 1. The van der Waals surface area contributed by atoms with Crippen LogP contribution in [-0.4, -0.2) is 28.9 Å². The quantitative estimate of drug-likeness (QED) is 0.745. The fourth-order valence-corrected chi connectivity index (χ4v) is 5.15. The lowest BCUT2D eigenvalue weighted by molar-refractivity contribution is -0.293. The summed E-state index contributed by atoms with van der Waals surface area (Å²) in [6.45, 7) is 10.6. The highest BCUT2D eigenvalue weighted by Crippen LogP contribution is 2.49. The van der Waals surface area contributed by atoms with Crippen LogP contribution in [0.3, 0.4) is 0 Å². The van der Waals surface area contributed by atoms with Crippen molar-refractivity contribution in [3.8, 4) is 0 Å². The van der Waals surface area contributed by atoms with E-state index in [0.717, 1.165) is 24.8 Å². The number of nitrogens with one attached hydrogen (secondary N) is 1. The van der Waals surface area contributed by atoms with Crippen LogP contribution in [0.5, 0.6) is 0 Å². The fraction of sp³-hybridized carbons (Fsp3) is 0.773. The molecule has 2 heterocycles. The van der Waals surface area contributed by atoms with E-state index in [1.165, 1.54) is 5.57 Å². The average Bonchev–Trinajstić information content (AvgIpc) is 2.94. The summed E-state index contributed by atoms with van der Waals surface area (Å²) in [6.07, 6.45) is 8.43. The molecule has 0 bridgehead atoms. The van der Waals surface area contributed by atoms with E-state index in [1.54, 1.807) is 0 Å². The van der Waals surface area contributed by atoms with E-state index in [9.17, 15) is 9.90 Å². The maximum absolute atomic E-state index is 12.7. The molecular formula is C22H35NO3. The maximum Gasteiger partial charge on any atom is 0.228 e. The second-order valence-corrected chi connectivity index (χ2v) is 9.16. The molecule has 2 aliphatic heterocycles. The highest BCUT2D eigenvalue weighted by Gasteiger charge is 2.55. The van der Waals surface area contributed by atoms with Gasteiger partial charge in [0.15, 0.2) is 5.79 Å². The summed E-state index contributed by atoms with van der Waals surface area (Å²) in [7, 11) is 0. The van der Waals surface area contributed by atoms with Gasteiger partial charge in [0.2, 0.25) is 5.91 Å². The third-order valence-corrected chi connectivity index (χ3v) is 6.59. The fourth-order valence-electron chi connectivity index (χ4n) is 5.15. The summed E-state index contributed by atoms with van der Waals surface area (Å²) in [5.74, 6) is -0.579. The Hall–Kier alpha value is -1.13. The van der Waals surface area contributed by atoms with Gasteiger partial charge in [0.25, 0.3) is 0 Å². The molecule has 6 unspecified atom stereocenters. The molecular weight excluding hydrogens is 326 g/mol. The summed E-state index contributed by atoms with van der Waals surface area (Å²) in [5.41, 5.74) is 2.56. The number of rotatable bonds is 4. The summed E-state index contributed by atoms with van der Waals surface area (Å²) >= 11 is 0. The number of aliphatic hydroxyl groups is 1. The number of hydrogen-bond acceptors (Lipinski definition) is 3. The first-order valence-electron chi connectivity index (χ1n) is 10.2. The zero-order valence-corrected chi connectivity index (χ0v) is 16.9. The molecule has 1 aliphatic carbocycles. The first-order chi connectivity index (χ1) is 12.2. The van der Waals surface area contributed by atoms with Gasteiger partial charge in [-0.2, -0.15) is 0 Å². The van der Waals surface area contributed by atoms with Gasteiger partial charge >= 0.3 is 0 Å². The van der Waals surface area contributed by atoms with Crippen molar-refractivity contribution in [2.24, 2.45) is 23.7 Å². The number of ether oxygens (including phenoxy) is 1. The molecule has 4 nitrogen and oxygen atoms in total. The Morgan fingerprint density at radius 2 is 2.23 bits per heavy atom. The Morgan fingerprint density at radius 1 is 1.50 bits per heavy atom. The molecule has 3 rings (SSSR count). The predicted molar refractivity (Wildman–Crippen MR) is 103 cm³/mol. The molecule has 26 heavy (non-hydrogen) atoms. The number of amides is 1. The minimum atomic E-state index is -1.36. The van der Waals surface area contributed by atoms with Crippen LogP contribution in [0.2, 0.25) is 0 Å². The van der Waals surface area contributed by atoms with E-state index < -0.39 is 11.7 Å². The molecule has 2 N–H and O–H groups in total. The molecule has 2 fully saturated rings. The van der Waals surface area contributed by atoms with Crippen molar-refractivity contribution < 1.29 is 14.6 Å². The lowest BCUT2D eigenvalue weighted by atomic mass is 9.68. The van der Waals surface area contributed by atoms with Gasteiger partial charge in [-0.25, -0.2) is 0 Å². The lowest BCUT2D eigenvalue weighted by Crippen LogP contribution is -2.55. The Labute approximate surface area is 158 Å². The van der Waals surface area contributed by atoms with Crippen molar-refractivity contribution in [2.75, 3.05) is 0 Å². The van der Waals surface area contributed by atoms with Gasteiger partial charge in [-0.15, -0.1) is 0 Å². The summed E-state index contributed by atoms with van der Waals surface area (Å²) in [4.78, 5) is 12.7. The molecule has 0 aromatic carbocycles. The number of fused-ring (bicyclic) bond motifs is 1. The van der Waals surface area contributed by atoms with Crippen molar-refractivity contribution in [3.63, 3.8) is 0 Å². The second kappa shape index (κ2) is 7.47. The predicted octanol–water partition coefficient (Wildman–Crippen LogP) is 3.95. The highest BCUT2D eigenvalue weighted by atomic mass is 16.6. The minimum absolute atomic E-state index is 0.0454. The smallest absolute Gasteiger partial charge is 0.228 e. The van der Waals surface area contributed by atoms with Gasteiger partial charge in [0, 0.05) is 12.5 Å². The van der Waals surface area contributed by atoms with Crippen LogP contribution in [0.4, 0.5) is 0 Å². The third-order valence-electron chi connectivity index (χ3n) is 6.59. The standard InChI is InChI=1S/C22H35NO3/c1-6-15(5)20-18-10-14(4)7-8-16(18)12-22(25,26-20)19-11-17(9-13(2)3)23-21(19)24/h6-7,13,16-20,25H,8-12H2,1-5H3,(H,23,24). The summed E-state index contributed by atoms with van der Waals surface area (Å²) in [6, 6.07) is 0.146. The van der Waals surface area contributed by atoms with Crippen LogP contribution < -0.4 is 5.32 Å². The first kappa shape index (κ1) is 19.6. The molecule has 6 atom stereocenters. The largest absolute Gasteiger partial charge is 0.365 e. The molecule has 4 heteroatoms. The van der Waals surface area contributed by atoms with Crippen molar-refractivity contribution in [1.29, 1.82) is 0 Å². The second-order valence-electron chi connectivity index (χ2n) is 9.16. The molecule has 2 saturated heterocycles. The Balaban J connectivity index is 1.84. The van der Waals surface area contributed by atoms with Crippen molar-refractivity contribution >= 4 is 5.91 Å². The maximum atomic E-state index is 12.7. The van der Waals surface area contributed by atoms with E-state index in [2.05, 4.69) is 45.2 Å². The Kier molecular flexibility index (Phi) is 5.64. The topological polar surface area (TPSA) is 58.6 Å². The van der Waals surface area contributed by atoms with Crippen LogP contribution in [0.1, 0.15) is 66.7 Å². The van der Waals surface area contributed by atoms with E-state index in [1.807, 2.05) is 6.92 Å². The van der Waals surface area contributed by atoms with Crippen molar-refractivity contribution in [3.05, 3.63) is 23.3 Å². The van der Waals surface area contributed by atoms with Crippen LogP contribution in [-0.2, 0) is 9.53 Å². The zero-order valence-electron chi connectivity index (χ0n) is 16.9. The molecule has 0 aromatic rings. The molecule has 0 aromatic heterocycles. The van der Waals surface area contributed by atoms with Gasteiger partial charge < -0.3 is 15.2 Å². The van der Waals surface area contributed by atoms with Crippen LogP contribution in [0, 0.1) is 23.7 Å². The van der Waals surface area contributed by atoms with Gasteiger partial charge in [-0.3, -0.25) is 4.79 Å². The van der Waals surface area contributed by atoms with Gasteiger partial charge in [-0.1, -0.05) is 31.6 Å². The first-order valence-corrected chi connectivity index (χ1v) is 10.2. The number of hydrogen-bond donors (Lipinski definition) is 2. The van der Waals surface area contributed by atoms with E-state index in [4.69, 9.17) is 4.74 Å². The number of carbonyl (C=O) groups excluding carboxylic acids is 1. The van der Waals surface area contributed by atoms with Crippen molar-refractivity contribution in [1.82, 2.24) is 5.32 Å². The van der Waals surface area contributed by atoms with E-state index in [-0.39, 0.29) is 18.1 Å². The zero-order chi connectivity index (χ0) is 19.1. The molecule has 146 valence electrons. The van der Waals surface area contributed by atoms with Crippen LogP contribution in [0.15, 0.2) is 23.3 Å². The molecule has 1 amide bonds. The molecule has 0 spiro atoms. The molecule has 0 radical (unpaired) electrons.